The van der Waals surface area contributed by atoms with Crippen molar-refractivity contribution in [2.45, 2.75) is 6.92 Å². The van der Waals surface area contributed by atoms with Crippen molar-refractivity contribution in [3.05, 3.63) is 47.5 Å². The molecule has 0 aliphatic heterocycles. The number of amides is 2. The molecule has 154 valence electrons. The van der Waals surface area contributed by atoms with Crippen LogP contribution in [0.1, 0.15) is 15.4 Å². The fourth-order valence-corrected chi connectivity index (χ4v) is 3.54. The van der Waals surface area contributed by atoms with Gasteiger partial charge in [0, 0.05) is 10.6 Å². The summed E-state index contributed by atoms with van der Waals surface area (Å²) in [7, 11) is 1.57. The Labute approximate surface area is 176 Å². The van der Waals surface area contributed by atoms with Crippen molar-refractivity contribution in [2.75, 3.05) is 35.9 Å². The summed E-state index contributed by atoms with van der Waals surface area (Å²) in [5.41, 5.74) is 0.814. The van der Waals surface area contributed by atoms with Crippen molar-refractivity contribution < 1.29 is 23.9 Å². The minimum atomic E-state index is -0.566. The summed E-state index contributed by atoms with van der Waals surface area (Å²) in [5, 5.41) is 5.67. The zero-order chi connectivity index (χ0) is 21.2. The standard InChI is InChI=1S/C19H21N3O5S2/c1-4-9-27-18(25)17-12(2)29-19(22-17)21-16(24)11-28-10-15(23)20-13-5-7-14(26-3)8-6-13/h4-8H,1,9-11H2,2-3H3,(H,20,23)(H,21,22,24). The van der Waals surface area contributed by atoms with E-state index in [4.69, 9.17) is 9.47 Å². The van der Waals surface area contributed by atoms with E-state index in [2.05, 4.69) is 22.2 Å². The summed E-state index contributed by atoms with van der Waals surface area (Å²) in [5.74, 6) is -0.204. The zero-order valence-corrected chi connectivity index (χ0v) is 17.7. The molecule has 0 bridgehead atoms. The van der Waals surface area contributed by atoms with E-state index in [1.165, 1.54) is 29.2 Å². The third kappa shape index (κ3) is 7.24. The van der Waals surface area contributed by atoms with Crippen LogP contribution in [0.3, 0.4) is 0 Å². The summed E-state index contributed by atoms with van der Waals surface area (Å²) in [6.45, 7) is 5.28. The van der Waals surface area contributed by atoms with Crippen molar-refractivity contribution in [1.82, 2.24) is 4.98 Å². The summed E-state index contributed by atoms with van der Waals surface area (Å²) < 4.78 is 10.0. The topological polar surface area (TPSA) is 107 Å². The second kappa shape index (κ2) is 11.2. The van der Waals surface area contributed by atoms with E-state index >= 15 is 0 Å². The van der Waals surface area contributed by atoms with Gasteiger partial charge in [0.2, 0.25) is 11.8 Å². The number of anilines is 2. The number of hydrogen-bond acceptors (Lipinski definition) is 8. The summed E-state index contributed by atoms with van der Waals surface area (Å²) >= 11 is 2.35. The van der Waals surface area contributed by atoms with E-state index in [0.717, 1.165) is 0 Å². The number of benzene rings is 1. The number of methoxy groups -OCH3 is 1. The lowest BCUT2D eigenvalue weighted by Gasteiger charge is -2.06. The number of nitrogens with one attached hydrogen (secondary N) is 2. The summed E-state index contributed by atoms with van der Waals surface area (Å²) in [6.07, 6.45) is 1.46. The largest absolute Gasteiger partial charge is 0.497 e. The Bertz CT molecular complexity index is 880. The predicted molar refractivity (Wildman–Crippen MR) is 115 cm³/mol. The van der Waals surface area contributed by atoms with Gasteiger partial charge < -0.3 is 20.1 Å². The van der Waals surface area contributed by atoms with Crippen molar-refractivity contribution in [3.63, 3.8) is 0 Å². The number of aryl methyl sites for hydroxylation is 1. The first-order chi connectivity index (χ1) is 13.9. The lowest BCUT2D eigenvalue weighted by atomic mass is 10.3. The zero-order valence-electron chi connectivity index (χ0n) is 16.0. The Balaban J connectivity index is 1.75. The fraction of sp³-hybridized carbons (Fsp3) is 0.263. The molecule has 10 heteroatoms. The second-order valence-electron chi connectivity index (χ2n) is 5.63. The van der Waals surface area contributed by atoms with Crippen LogP contribution in [0.15, 0.2) is 36.9 Å². The number of carbonyl (C=O) groups is 3. The molecule has 1 aromatic heterocycles. The van der Waals surface area contributed by atoms with E-state index in [1.54, 1.807) is 38.3 Å². The molecule has 0 unspecified atom stereocenters. The van der Waals surface area contributed by atoms with Gasteiger partial charge in [-0.3, -0.25) is 9.59 Å². The van der Waals surface area contributed by atoms with Gasteiger partial charge in [0.15, 0.2) is 10.8 Å². The van der Waals surface area contributed by atoms with Crippen LogP contribution < -0.4 is 15.4 Å². The van der Waals surface area contributed by atoms with Crippen molar-refractivity contribution >= 4 is 51.7 Å². The van der Waals surface area contributed by atoms with Crippen LogP contribution in [0.25, 0.3) is 0 Å². The Morgan fingerprint density at radius 3 is 2.45 bits per heavy atom. The van der Waals surface area contributed by atoms with Gasteiger partial charge in [-0.05, 0) is 31.2 Å². The summed E-state index contributed by atoms with van der Waals surface area (Å²) in [4.78, 5) is 40.6. The van der Waals surface area contributed by atoms with Crippen LogP contribution in [0.4, 0.5) is 10.8 Å². The van der Waals surface area contributed by atoms with E-state index < -0.39 is 5.97 Å². The van der Waals surface area contributed by atoms with Crippen LogP contribution in [0.5, 0.6) is 5.75 Å². The van der Waals surface area contributed by atoms with Gasteiger partial charge in [-0.2, -0.15) is 0 Å². The molecule has 0 fully saturated rings. The van der Waals surface area contributed by atoms with Crippen LogP contribution in [-0.2, 0) is 14.3 Å². The number of esters is 1. The fourth-order valence-electron chi connectivity index (χ4n) is 2.11. The van der Waals surface area contributed by atoms with Crippen LogP contribution in [0, 0.1) is 6.92 Å². The first-order valence-corrected chi connectivity index (χ1v) is 10.5. The molecule has 0 aliphatic rings. The molecular weight excluding hydrogens is 414 g/mol. The van der Waals surface area contributed by atoms with E-state index in [1.807, 2.05) is 0 Å². The average molecular weight is 436 g/mol. The minimum Gasteiger partial charge on any atom is -0.497 e. The van der Waals surface area contributed by atoms with Crippen molar-refractivity contribution in [1.29, 1.82) is 0 Å². The first kappa shape index (κ1) is 22.4. The molecule has 2 aromatic rings. The molecule has 2 rings (SSSR count). The maximum Gasteiger partial charge on any atom is 0.358 e. The highest BCUT2D eigenvalue weighted by molar-refractivity contribution is 8.00. The summed E-state index contributed by atoms with van der Waals surface area (Å²) in [6, 6.07) is 6.95. The van der Waals surface area contributed by atoms with E-state index in [-0.39, 0.29) is 35.6 Å². The highest BCUT2D eigenvalue weighted by atomic mass is 32.2. The number of rotatable bonds is 10. The number of nitrogens with zero attached hydrogens (tertiary/aromatic N) is 1. The molecular formula is C19H21N3O5S2. The molecule has 2 amide bonds. The molecule has 0 saturated carbocycles. The highest BCUT2D eigenvalue weighted by Gasteiger charge is 2.17. The monoisotopic (exact) mass is 435 g/mol. The van der Waals surface area contributed by atoms with Crippen LogP contribution in [0.2, 0.25) is 0 Å². The smallest absolute Gasteiger partial charge is 0.358 e. The molecule has 2 N–H and O–H groups in total. The molecule has 0 spiro atoms. The first-order valence-electron chi connectivity index (χ1n) is 8.50. The van der Waals surface area contributed by atoms with E-state index in [0.29, 0.717) is 21.4 Å². The Kier molecular flexibility index (Phi) is 8.68. The molecule has 8 nitrogen and oxygen atoms in total. The third-order valence-corrected chi connectivity index (χ3v) is 5.23. The Morgan fingerprint density at radius 2 is 1.83 bits per heavy atom. The van der Waals surface area contributed by atoms with Gasteiger partial charge in [-0.1, -0.05) is 12.7 Å². The second-order valence-corrected chi connectivity index (χ2v) is 7.82. The van der Waals surface area contributed by atoms with Gasteiger partial charge in [-0.25, -0.2) is 9.78 Å². The number of aromatic nitrogens is 1. The molecule has 1 heterocycles. The molecule has 0 aliphatic carbocycles. The normalized spacial score (nSPS) is 10.1. The highest BCUT2D eigenvalue weighted by Crippen LogP contribution is 2.23. The molecule has 0 radical (unpaired) electrons. The quantitative estimate of drug-likeness (QED) is 0.436. The van der Waals surface area contributed by atoms with Gasteiger partial charge in [0.05, 0.1) is 18.6 Å². The lowest BCUT2D eigenvalue weighted by Crippen LogP contribution is -2.18. The van der Waals surface area contributed by atoms with Crippen LogP contribution >= 0.6 is 23.1 Å². The Morgan fingerprint density at radius 1 is 1.17 bits per heavy atom. The van der Waals surface area contributed by atoms with Gasteiger partial charge in [0.25, 0.3) is 0 Å². The number of thioether (sulfide) groups is 1. The SMILES string of the molecule is C=CCOC(=O)c1nc(NC(=O)CSCC(=O)Nc2ccc(OC)cc2)sc1C. The van der Waals surface area contributed by atoms with Gasteiger partial charge >= 0.3 is 5.97 Å². The number of thiazole rings is 1. The maximum atomic E-state index is 12.0. The molecule has 1 aromatic carbocycles. The van der Waals surface area contributed by atoms with Crippen molar-refractivity contribution in [2.24, 2.45) is 0 Å². The number of ether oxygens (including phenoxy) is 2. The number of hydrogen-bond donors (Lipinski definition) is 2. The lowest BCUT2D eigenvalue weighted by molar-refractivity contribution is -0.114. The maximum absolute atomic E-state index is 12.0. The third-order valence-electron chi connectivity index (χ3n) is 3.41. The minimum absolute atomic E-state index is 0.0743. The molecule has 0 saturated heterocycles. The Hall–Kier alpha value is -2.85. The van der Waals surface area contributed by atoms with Crippen LogP contribution in [-0.4, -0.2) is 48.0 Å². The molecule has 29 heavy (non-hydrogen) atoms. The number of carbonyl (C=O) groups excluding carboxylic acids is 3. The van der Waals surface area contributed by atoms with Gasteiger partial charge in [0.1, 0.15) is 12.4 Å². The average Bonchev–Trinajstić information content (AvgIpc) is 3.06. The molecule has 0 atom stereocenters. The predicted octanol–water partition coefficient (Wildman–Crippen LogP) is 3.11. The van der Waals surface area contributed by atoms with Gasteiger partial charge in [-0.15, -0.1) is 23.1 Å². The van der Waals surface area contributed by atoms with E-state index in [9.17, 15) is 14.4 Å². The van der Waals surface area contributed by atoms with Crippen molar-refractivity contribution in [3.8, 4) is 5.75 Å².